The molecule has 3 rings (SSSR count). The number of tetrazole rings is 1. The third-order valence-corrected chi connectivity index (χ3v) is 4.78. The molecule has 0 fully saturated rings. The summed E-state index contributed by atoms with van der Waals surface area (Å²) in [6.45, 7) is 2.22. The lowest BCUT2D eigenvalue weighted by Gasteiger charge is -2.12. The van der Waals surface area contributed by atoms with E-state index in [9.17, 15) is 4.79 Å². The summed E-state index contributed by atoms with van der Waals surface area (Å²) in [4.78, 5) is 12.8. The van der Waals surface area contributed by atoms with Gasteiger partial charge in [0, 0.05) is 5.56 Å². The lowest BCUT2D eigenvalue weighted by atomic mass is 10.1. The molecule has 2 aromatic heterocycles. The van der Waals surface area contributed by atoms with Gasteiger partial charge >= 0.3 is 0 Å². The molecular weight excluding hydrogens is 356 g/mol. The standard InChI is InChI=1S/C17H18N4O4S/c1-11(16(22)12-6-7-14(23-2)15(9-12)24-3)26-17-18-19-20-21(17)10-13-5-4-8-25-13/h4-9,11H,10H2,1-3H3/t11-/m0/s1. The molecule has 1 aromatic carbocycles. The van der Waals surface area contributed by atoms with Crippen LogP contribution in [-0.4, -0.2) is 45.5 Å². The lowest BCUT2D eigenvalue weighted by molar-refractivity contribution is 0.0993. The van der Waals surface area contributed by atoms with Crippen LogP contribution in [0.2, 0.25) is 0 Å². The molecule has 0 unspecified atom stereocenters. The number of hydrogen-bond donors (Lipinski definition) is 0. The third kappa shape index (κ3) is 3.88. The smallest absolute Gasteiger partial charge is 0.210 e. The highest BCUT2D eigenvalue weighted by atomic mass is 32.2. The minimum Gasteiger partial charge on any atom is -0.493 e. The molecule has 0 N–H and O–H groups in total. The van der Waals surface area contributed by atoms with Crippen molar-refractivity contribution < 1.29 is 18.7 Å². The van der Waals surface area contributed by atoms with Crippen molar-refractivity contribution in [2.75, 3.05) is 14.2 Å². The summed E-state index contributed by atoms with van der Waals surface area (Å²) < 4.78 is 17.4. The van der Waals surface area contributed by atoms with Crippen LogP contribution < -0.4 is 9.47 Å². The number of thioether (sulfide) groups is 1. The molecule has 9 heteroatoms. The van der Waals surface area contributed by atoms with Gasteiger partial charge in [0.1, 0.15) is 12.3 Å². The maximum Gasteiger partial charge on any atom is 0.210 e. The third-order valence-electron chi connectivity index (χ3n) is 3.70. The highest BCUT2D eigenvalue weighted by Crippen LogP contribution is 2.30. The van der Waals surface area contributed by atoms with Crippen LogP contribution in [0.4, 0.5) is 0 Å². The molecule has 0 bridgehead atoms. The number of aromatic nitrogens is 4. The molecule has 8 nitrogen and oxygen atoms in total. The summed E-state index contributed by atoms with van der Waals surface area (Å²) in [6.07, 6.45) is 1.59. The second kappa shape index (κ2) is 8.05. The molecule has 136 valence electrons. The van der Waals surface area contributed by atoms with Gasteiger partial charge in [-0.25, -0.2) is 4.68 Å². The fraction of sp³-hybridized carbons (Fsp3) is 0.294. The Morgan fingerprint density at radius 1 is 1.27 bits per heavy atom. The first kappa shape index (κ1) is 18.0. The number of carbonyl (C=O) groups excluding carboxylic acids is 1. The van der Waals surface area contributed by atoms with E-state index in [1.165, 1.54) is 18.9 Å². The van der Waals surface area contributed by atoms with Crippen molar-refractivity contribution in [3.8, 4) is 11.5 Å². The van der Waals surface area contributed by atoms with E-state index >= 15 is 0 Å². The van der Waals surface area contributed by atoms with Crippen LogP contribution in [0.3, 0.4) is 0 Å². The second-order valence-electron chi connectivity index (χ2n) is 5.39. The number of rotatable bonds is 8. The summed E-state index contributed by atoms with van der Waals surface area (Å²) >= 11 is 1.29. The fourth-order valence-electron chi connectivity index (χ4n) is 2.37. The van der Waals surface area contributed by atoms with Crippen molar-refractivity contribution in [1.82, 2.24) is 20.2 Å². The van der Waals surface area contributed by atoms with Crippen LogP contribution in [0.1, 0.15) is 23.0 Å². The summed E-state index contributed by atoms with van der Waals surface area (Å²) in [5, 5.41) is 11.8. The summed E-state index contributed by atoms with van der Waals surface area (Å²) in [5.74, 6) is 1.77. The van der Waals surface area contributed by atoms with Gasteiger partial charge in [0.15, 0.2) is 17.3 Å². The van der Waals surface area contributed by atoms with Gasteiger partial charge in [0.2, 0.25) is 5.16 Å². The molecule has 0 radical (unpaired) electrons. The minimum atomic E-state index is -0.380. The first-order valence-electron chi connectivity index (χ1n) is 7.83. The predicted molar refractivity (Wildman–Crippen MR) is 94.8 cm³/mol. The SMILES string of the molecule is COc1ccc(C(=O)[C@H](C)Sc2nnnn2Cc2ccco2)cc1OC. The zero-order valence-corrected chi connectivity index (χ0v) is 15.4. The maximum absolute atomic E-state index is 12.8. The Morgan fingerprint density at radius 2 is 2.08 bits per heavy atom. The van der Waals surface area contributed by atoms with Crippen LogP contribution in [0.15, 0.2) is 46.2 Å². The van der Waals surface area contributed by atoms with Gasteiger partial charge < -0.3 is 13.9 Å². The molecule has 0 saturated carbocycles. The van der Waals surface area contributed by atoms with Crippen LogP contribution >= 0.6 is 11.8 Å². The molecule has 0 aliphatic rings. The van der Waals surface area contributed by atoms with Gasteiger partial charge in [0.25, 0.3) is 0 Å². The van der Waals surface area contributed by atoms with Crippen molar-refractivity contribution in [3.05, 3.63) is 47.9 Å². The zero-order valence-electron chi connectivity index (χ0n) is 14.6. The van der Waals surface area contributed by atoms with Gasteiger partial charge in [-0.2, -0.15) is 0 Å². The molecule has 1 atom stereocenters. The Balaban J connectivity index is 1.73. The number of Topliss-reactive ketones (excluding diaryl/α,β-unsaturated/α-hetero) is 1. The Kier molecular flexibility index (Phi) is 5.57. The zero-order chi connectivity index (χ0) is 18.5. The van der Waals surface area contributed by atoms with E-state index in [0.717, 1.165) is 5.76 Å². The Hall–Kier alpha value is -2.81. The van der Waals surface area contributed by atoms with Crippen LogP contribution in [0, 0.1) is 0 Å². The largest absolute Gasteiger partial charge is 0.493 e. The molecule has 26 heavy (non-hydrogen) atoms. The molecular formula is C17H18N4O4S. The number of nitrogens with zero attached hydrogens (tertiary/aromatic N) is 4. The second-order valence-corrected chi connectivity index (χ2v) is 6.70. The highest BCUT2D eigenvalue weighted by molar-refractivity contribution is 8.00. The first-order chi connectivity index (χ1) is 12.6. The average molecular weight is 374 g/mol. The van der Waals surface area contributed by atoms with Gasteiger partial charge in [0.05, 0.1) is 25.7 Å². The van der Waals surface area contributed by atoms with Gasteiger partial charge in [-0.05, 0) is 47.7 Å². The van der Waals surface area contributed by atoms with Crippen LogP contribution in [0.25, 0.3) is 0 Å². The topological polar surface area (TPSA) is 92.3 Å². The molecule has 0 aliphatic carbocycles. The van der Waals surface area contributed by atoms with Crippen LogP contribution in [0.5, 0.6) is 11.5 Å². The van der Waals surface area contributed by atoms with E-state index < -0.39 is 0 Å². The van der Waals surface area contributed by atoms with Crippen LogP contribution in [-0.2, 0) is 6.54 Å². The number of ether oxygens (including phenoxy) is 2. The van der Waals surface area contributed by atoms with E-state index in [1.807, 2.05) is 13.0 Å². The fourth-order valence-corrected chi connectivity index (χ4v) is 3.23. The number of hydrogen-bond acceptors (Lipinski definition) is 8. The van der Waals surface area contributed by atoms with Gasteiger partial charge in [-0.15, -0.1) is 5.10 Å². The Labute approximate surface area is 154 Å². The average Bonchev–Trinajstić information content (AvgIpc) is 3.33. The normalized spacial score (nSPS) is 12.0. The summed E-state index contributed by atoms with van der Waals surface area (Å²) in [7, 11) is 3.09. The molecule has 0 spiro atoms. The summed E-state index contributed by atoms with van der Waals surface area (Å²) in [5.41, 5.74) is 0.535. The molecule has 2 heterocycles. The maximum atomic E-state index is 12.8. The van der Waals surface area contributed by atoms with Crippen molar-refractivity contribution >= 4 is 17.5 Å². The molecule has 0 saturated heterocycles. The van der Waals surface area contributed by atoms with E-state index in [0.29, 0.717) is 28.8 Å². The number of furan rings is 1. The first-order valence-corrected chi connectivity index (χ1v) is 8.71. The van der Waals surface area contributed by atoms with E-state index in [4.69, 9.17) is 13.9 Å². The van der Waals surface area contributed by atoms with Crippen molar-refractivity contribution in [1.29, 1.82) is 0 Å². The summed E-state index contributed by atoms with van der Waals surface area (Å²) in [6, 6.07) is 8.74. The highest BCUT2D eigenvalue weighted by Gasteiger charge is 2.21. The van der Waals surface area contributed by atoms with Crippen molar-refractivity contribution in [2.45, 2.75) is 23.9 Å². The monoisotopic (exact) mass is 374 g/mol. The minimum absolute atomic E-state index is 0.0523. The molecule has 0 amide bonds. The van der Waals surface area contributed by atoms with Crippen molar-refractivity contribution in [2.24, 2.45) is 0 Å². The Bertz CT molecular complexity index is 879. The number of ketones is 1. The van der Waals surface area contributed by atoms with Gasteiger partial charge in [-0.3, -0.25) is 4.79 Å². The number of methoxy groups -OCH3 is 2. The number of benzene rings is 1. The van der Waals surface area contributed by atoms with E-state index in [2.05, 4.69) is 15.5 Å². The molecule has 0 aliphatic heterocycles. The van der Waals surface area contributed by atoms with Gasteiger partial charge in [-0.1, -0.05) is 11.8 Å². The predicted octanol–water partition coefficient (Wildman–Crippen LogP) is 2.70. The quantitative estimate of drug-likeness (QED) is 0.439. The Morgan fingerprint density at radius 3 is 2.77 bits per heavy atom. The van der Waals surface area contributed by atoms with E-state index in [1.54, 1.807) is 42.3 Å². The van der Waals surface area contributed by atoms with E-state index in [-0.39, 0.29) is 11.0 Å². The molecule has 3 aromatic rings. The van der Waals surface area contributed by atoms with Crippen molar-refractivity contribution in [3.63, 3.8) is 0 Å². The lowest BCUT2D eigenvalue weighted by Crippen LogP contribution is -2.15. The number of carbonyl (C=O) groups is 1.